The number of hydrogen-bond acceptors (Lipinski definition) is 3. The predicted octanol–water partition coefficient (Wildman–Crippen LogP) is 3.33. The molecule has 1 aliphatic carbocycles. The van der Waals surface area contributed by atoms with E-state index in [1.165, 1.54) is 31.2 Å². The van der Waals surface area contributed by atoms with Gasteiger partial charge >= 0.3 is 0 Å². The summed E-state index contributed by atoms with van der Waals surface area (Å²) >= 11 is 3.67. The highest BCUT2D eigenvalue weighted by atomic mass is 32.2. The van der Waals surface area contributed by atoms with Gasteiger partial charge in [0, 0.05) is 11.0 Å². The summed E-state index contributed by atoms with van der Waals surface area (Å²) in [7, 11) is 0. The van der Waals surface area contributed by atoms with Gasteiger partial charge in [-0.05, 0) is 41.7 Å². The molecular weight excluding hydrogens is 224 g/mol. The molecular formula is C12H18OS2. The second kappa shape index (κ2) is 5.92. The molecule has 0 amide bonds. The third kappa shape index (κ3) is 3.82. The van der Waals surface area contributed by atoms with Gasteiger partial charge in [-0.25, -0.2) is 0 Å². The quantitative estimate of drug-likeness (QED) is 0.854. The Labute approximate surface area is 99.9 Å². The van der Waals surface area contributed by atoms with Crippen LogP contribution >= 0.6 is 23.1 Å². The predicted molar refractivity (Wildman–Crippen MR) is 68.7 cm³/mol. The third-order valence-electron chi connectivity index (χ3n) is 2.88. The summed E-state index contributed by atoms with van der Waals surface area (Å²) in [5.41, 5.74) is 1.28. The zero-order chi connectivity index (χ0) is 10.5. The largest absolute Gasteiger partial charge is 0.392 e. The Balaban J connectivity index is 1.66. The van der Waals surface area contributed by atoms with E-state index in [1.54, 1.807) is 11.3 Å². The van der Waals surface area contributed by atoms with Crippen molar-refractivity contribution in [2.75, 3.05) is 5.75 Å². The fourth-order valence-corrected chi connectivity index (χ4v) is 4.00. The van der Waals surface area contributed by atoms with Gasteiger partial charge in [0.25, 0.3) is 0 Å². The molecule has 1 aromatic rings. The molecule has 1 heterocycles. The van der Waals surface area contributed by atoms with Gasteiger partial charge in [0.15, 0.2) is 0 Å². The van der Waals surface area contributed by atoms with Crippen LogP contribution in [0.15, 0.2) is 16.8 Å². The molecule has 0 aromatic carbocycles. The molecule has 0 radical (unpaired) electrons. The molecule has 1 aromatic heterocycles. The van der Waals surface area contributed by atoms with Crippen molar-refractivity contribution in [2.24, 2.45) is 0 Å². The summed E-state index contributed by atoms with van der Waals surface area (Å²) in [4.78, 5) is 0. The zero-order valence-corrected chi connectivity index (χ0v) is 10.5. The van der Waals surface area contributed by atoms with Crippen LogP contribution in [0.2, 0.25) is 0 Å². The van der Waals surface area contributed by atoms with Crippen LogP contribution in [0.1, 0.15) is 31.2 Å². The van der Waals surface area contributed by atoms with E-state index >= 15 is 0 Å². The van der Waals surface area contributed by atoms with E-state index in [1.807, 2.05) is 11.8 Å². The van der Waals surface area contributed by atoms with Gasteiger partial charge < -0.3 is 5.11 Å². The van der Waals surface area contributed by atoms with Crippen LogP contribution in [-0.2, 0) is 6.42 Å². The van der Waals surface area contributed by atoms with Crippen LogP contribution in [0, 0.1) is 0 Å². The first-order chi connectivity index (χ1) is 7.34. The van der Waals surface area contributed by atoms with Crippen molar-refractivity contribution in [2.45, 2.75) is 43.5 Å². The summed E-state index contributed by atoms with van der Waals surface area (Å²) in [5.74, 6) is 0.903. The lowest BCUT2D eigenvalue weighted by Gasteiger charge is -2.12. The second-order valence-corrected chi connectivity index (χ2v) is 6.34. The number of rotatable bonds is 5. The SMILES string of the molecule is OC(CSC1CCCC1)Cc1ccsc1. The highest BCUT2D eigenvalue weighted by molar-refractivity contribution is 7.99. The number of thiophene rings is 1. The van der Waals surface area contributed by atoms with Gasteiger partial charge in [-0.3, -0.25) is 0 Å². The summed E-state index contributed by atoms with van der Waals surface area (Å²) < 4.78 is 0. The van der Waals surface area contributed by atoms with Crippen molar-refractivity contribution in [3.63, 3.8) is 0 Å². The average molecular weight is 242 g/mol. The highest BCUT2D eigenvalue weighted by Gasteiger charge is 2.17. The van der Waals surface area contributed by atoms with Crippen molar-refractivity contribution < 1.29 is 5.11 Å². The molecule has 1 saturated carbocycles. The standard InChI is InChI=1S/C12H18OS2/c13-11(7-10-5-6-14-8-10)9-15-12-3-1-2-4-12/h5-6,8,11-13H,1-4,7,9H2. The molecule has 1 atom stereocenters. The summed E-state index contributed by atoms with van der Waals surface area (Å²) in [6.45, 7) is 0. The van der Waals surface area contributed by atoms with Crippen molar-refractivity contribution in [1.82, 2.24) is 0 Å². The van der Waals surface area contributed by atoms with E-state index in [2.05, 4.69) is 16.8 Å². The minimum Gasteiger partial charge on any atom is -0.392 e. The second-order valence-electron chi connectivity index (χ2n) is 4.23. The van der Waals surface area contributed by atoms with E-state index in [0.717, 1.165) is 17.4 Å². The maximum atomic E-state index is 9.87. The Morgan fingerprint density at radius 2 is 2.27 bits per heavy atom. The Morgan fingerprint density at radius 3 is 2.93 bits per heavy atom. The molecule has 84 valence electrons. The molecule has 15 heavy (non-hydrogen) atoms. The van der Waals surface area contributed by atoms with Crippen molar-refractivity contribution >= 4 is 23.1 Å². The first-order valence-electron chi connectivity index (χ1n) is 5.65. The summed E-state index contributed by atoms with van der Waals surface area (Å²) in [6.07, 6.45) is 6.15. The molecule has 0 aliphatic heterocycles. The molecule has 0 bridgehead atoms. The van der Waals surface area contributed by atoms with E-state index in [-0.39, 0.29) is 6.10 Å². The fourth-order valence-electron chi connectivity index (χ4n) is 2.04. The first-order valence-corrected chi connectivity index (χ1v) is 7.64. The monoisotopic (exact) mass is 242 g/mol. The highest BCUT2D eigenvalue weighted by Crippen LogP contribution is 2.30. The minimum absolute atomic E-state index is 0.162. The van der Waals surface area contributed by atoms with Crippen LogP contribution in [-0.4, -0.2) is 22.2 Å². The van der Waals surface area contributed by atoms with Gasteiger partial charge in [0.1, 0.15) is 0 Å². The number of aliphatic hydroxyl groups excluding tert-OH is 1. The van der Waals surface area contributed by atoms with Crippen LogP contribution in [0.3, 0.4) is 0 Å². The molecule has 1 fully saturated rings. The lowest BCUT2D eigenvalue weighted by Crippen LogP contribution is -2.15. The van der Waals surface area contributed by atoms with Crippen molar-refractivity contribution in [3.8, 4) is 0 Å². The lowest BCUT2D eigenvalue weighted by molar-refractivity contribution is 0.200. The van der Waals surface area contributed by atoms with E-state index < -0.39 is 0 Å². The fraction of sp³-hybridized carbons (Fsp3) is 0.667. The minimum atomic E-state index is -0.162. The van der Waals surface area contributed by atoms with Crippen LogP contribution in [0.4, 0.5) is 0 Å². The topological polar surface area (TPSA) is 20.2 Å². The molecule has 1 N–H and O–H groups in total. The molecule has 0 saturated heterocycles. The normalized spacial score (nSPS) is 19.5. The van der Waals surface area contributed by atoms with Crippen LogP contribution in [0.5, 0.6) is 0 Å². The van der Waals surface area contributed by atoms with Gasteiger partial charge in [-0.15, -0.1) is 0 Å². The Kier molecular flexibility index (Phi) is 4.54. The van der Waals surface area contributed by atoms with E-state index in [4.69, 9.17) is 0 Å². The molecule has 1 aliphatic rings. The van der Waals surface area contributed by atoms with E-state index in [0.29, 0.717) is 0 Å². The smallest absolute Gasteiger partial charge is 0.0671 e. The van der Waals surface area contributed by atoms with Gasteiger partial charge in [-0.2, -0.15) is 23.1 Å². The Morgan fingerprint density at radius 1 is 1.47 bits per heavy atom. The molecule has 0 spiro atoms. The Bertz CT molecular complexity index is 265. The van der Waals surface area contributed by atoms with Crippen LogP contribution < -0.4 is 0 Å². The molecule has 1 nitrogen and oxygen atoms in total. The molecule has 1 unspecified atom stereocenters. The van der Waals surface area contributed by atoms with Gasteiger partial charge in [0.2, 0.25) is 0 Å². The zero-order valence-electron chi connectivity index (χ0n) is 8.89. The van der Waals surface area contributed by atoms with Crippen molar-refractivity contribution in [3.05, 3.63) is 22.4 Å². The summed E-state index contributed by atoms with van der Waals surface area (Å²) in [6, 6.07) is 2.11. The number of hydrogen-bond donors (Lipinski definition) is 1. The van der Waals surface area contributed by atoms with Crippen molar-refractivity contribution in [1.29, 1.82) is 0 Å². The molecule has 2 rings (SSSR count). The maximum Gasteiger partial charge on any atom is 0.0671 e. The summed E-state index contributed by atoms with van der Waals surface area (Å²) in [5, 5.41) is 14.9. The number of thioether (sulfide) groups is 1. The Hall–Kier alpha value is 0.01000. The third-order valence-corrected chi connectivity index (χ3v) is 5.13. The van der Waals surface area contributed by atoms with Crippen LogP contribution in [0.25, 0.3) is 0 Å². The van der Waals surface area contributed by atoms with Gasteiger partial charge in [0.05, 0.1) is 6.10 Å². The first kappa shape index (κ1) is 11.5. The molecule has 3 heteroatoms. The average Bonchev–Trinajstić information content (AvgIpc) is 2.86. The maximum absolute atomic E-state index is 9.87. The van der Waals surface area contributed by atoms with E-state index in [9.17, 15) is 5.11 Å². The lowest BCUT2D eigenvalue weighted by atomic mass is 10.2. The van der Waals surface area contributed by atoms with Gasteiger partial charge in [-0.1, -0.05) is 12.8 Å². The number of aliphatic hydroxyl groups is 1.